The van der Waals surface area contributed by atoms with Crippen molar-refractivity contribution in [3.63, 3.8) is 0 Å². The molecule has 2 aromatic heterocycles. The van der Waals surface area contributed by atoms with Crippen LogP contribution >= 0.6 is 0 Å². The number of fused-ring (bicyclic) bond motifs is 1. The van der Waals surface area contributed by atoms with E-state index >= 15 is 0 Å². The molecule has 5 rings (SSSR count). The monoisotopic (exact) mass is 410 g/mol. The van der Waals surface area contributed by atoms with Crippen molar-refractivity contribution in [3.05, 3.63) is 113 Å². The highest BCUT2D eigenvalue weighted by Crippen LogP contribution is 2.40. The number of ketones is 1. The molecular weight excluding hydrogens is 392 g/mol. The fourth-order valence-corrected chi connectivity index (χ4v) is 3.95. The molecule has 0 fully saturated rings. The molecule has 0 spiro atoms. The molecule has 6 nitrogen and oxygen atoms in total. The predicted molar refractivity (Wildman–Crippen MR) is 114 cm³/mol. The summed E-state index contributed by atoms with van der Waals surface area (Å²) in [5.41, 5.74) is 2.14. The van der Waals surface area contributed by atoms with Crippen LogP contribution in [0, 0.1) is 0 Å². The molecule has 0 bridgehead atoms. The Labute approximate surface area is 178 Å². The smallest absolute Gasteiger partial charge is 0.290 e. The number of rotatable bonds is 5. The number of benzene rings is 2. The van der Waals surface area contributed by atoms with Crippen LogP contribution in [0.3, 0.4) is 0 Å². The second-order valence-corrected chi connectivity index (χ2v) is 7.34. The number of hydrogen-bond donors (Lipinski definition) is 1. The molecule has 4 aromatic rings. The number of Topliss-reactive ketones (excluding diaryl/α,β-unsaturated/α-hetero) is 1. The zero-order chi connectivity index (χ0) is 21.4. The van der Waals surface area contributed by atoms with Gasteiger partial charge in [0.05, 0.1) is 11.6 Å². The van der Waals surface area contributed by atoms with E-state index in [1.807, 2.05) is 48.5 Å². The zero-order valence-corrected chi connectivity index (χ0v) is 16.4. The summed E-state index contributed by atoms with van der Waals surface area (Å²) in [6.45, 7) is 0.244. The van der Waals surface area contributed by atoms with Crippen molar-refractivity contribution in [2.24, 2.45) is 0 Å². The lowest BCUT2D eigenvalue weighted by molar-refractivity contribution is -0.130. The third-order valence-corrected chi connectivity index (χ3v) is 5.42. The molecular formula is C25H18N2O4. The number of carbonyl (C=O) groups excluding carboxylic acids is 2. The number of aliphatic hydroxyl groups is 1. The molecule has 1 unspecified atom stereocenters. The van der Waals surface area contributed by atoms with Gasteiger partial charge in [-0.15, -0.1) is 0 Å². The van der Waals surface area contributed by atoms with Crippen LogP contribution in [0.5, 0.6) is 0 Å². The van der Waals surface area contributed by atoms with Gasteiger partial charge in [0.25, 0.3) is 5.91 Å². The molecule has 2 aromatic carbocycles. The van der Waals surface area contributed by atoms with Crippen molar-refractivity contribution in [2.45, 2.75) is 12.6 Å². The van der Waals surface area contributed by atoms with E-state index in [0.717, 1.165) is 10.9 Å². The number of furan rings is 1. The summed E-state index contributed by atoms with van der Waals surface area (Å²) in [6, 6.07) is 21.1. The lowest BCUT2D eigenvalue weighted by Gasteiger charge is -2.26. The first-order valence-corrected chi connectivity index (χ1v) is 9.84. The summed E-state index contributed by atoms with van der Waals surface area (Å²) >= 11 is 0. The highest BCUT2D eigenvalue weighted by molar-refractivity contribution is 6.15. The SMILES string of the molecule is O=C(C1=C(O)C(=O)N(Cc2ccccc2)C1c1ccncc1)c1cc2ccccc2o1. The van der Waals surface area contributed by atoms with Crippen LogP contribution in [0.25, 0.3) is 11.0 Å². The summed E-state index contributed by atoms with van der Waals surface area (Å²) in [6.07, 6.45) is 3.19. The van der Waals surface area contributed by atoms with Crippen molar-refractivity contribution in [1.82, 2.24) is 9.88 Å². The fourth-order valence-electron chi connectivity index (χ4n) is 3.95. The maximum absolute atomic E-state index is 13.4. The number of para-hydroxylation sites is 1. The van der Waals surface area contributed by atoms with Crippen molar-refractivity contribution < 1.29 is 19.1 Å². The maximum atomic E-state index is 13.4. The minimum atomic E-state index is -0.753. The van der Waals surface area contributed by atoms with Crippen LogP contribution in [-0.4, -0.2) is 26.7 Å². The maximum Gasteiger partial charge on any atom is 0.290 e. The first-order chi connectivity index (χ1) is 15.1. The Morgan fingerprint density at radius 2 is 1.71 bits per heavy atom. The van der Waals surface area contributed by atoms with E-state index in [-0.39, 0.29) is 17.9 Å². The Morgan fingerprint density at radius 3 is 2.45 bits per heavy atom. The first-order valence-electron chi connectivity index (χ1n) is 9.84. The van der Waals surface area contributed by atoms with Crippen molar-refractivity contribution in [3.8, 4) is 0 Å². The van der Waals surface area contributed by atoms with Gasteiger partial charge in [0.1, 0.15) is 5.58 Å². The Balaban J connectivity index is 1.59. The molecule has 0 saturated carbocycles. The number of amides is 1. The van der Waals surface area contributed by atoms with Crippen LogP contribution in [0.2, 0.25) is 0 Å². The molecule has 6 heteroatoms. The lowest BCUT2D eigenvalue weighted by Crippen LogP contribution is -2.30. The summed E-state index contributed by atoms with van der Waals surface area (Å²) in [5.74, 6) is -1.58. The molecule has 0 radical (unpaired) electrons. The minimum Gasteiger partial charge on any atom is -0.503 e. The van der Waals surface area contributed by atoms with Gasteiger partial charge in [0, 0.05) is 24.3 Å². The molecule has 3 heterocycles. The number of aromatic nitrogens is 1. The molecule has 1 aliphatic heterocycles. The third kappa shape index (κ3) is 3.28. The second kappa shape index (κ2) is 7.57. The number of hydrogen-bond acceptors (Lipinski definition) is 5. The highest BCUT2D eigenvalue weighted by atomic mass is 16.3. The van der Waals surface area contributed by atoms with Crippen LogP contribution < -0.4 is 0 Å². The summed E-state index contributed by atoms with van der Waals surface area (Å²) in [5, 5.41) is 11.5. The van der Waals surface area contributed by atoms with Gasteiger partial charge in [-0.3, -0.25) is 14.6 Å². The Morgan fingerprint density at radius 1 is 1.00 bits per heavy atom. The first kappa shape index (κ1) is 18.8. The molecule has 1 N–H and O–H groups in total. The van der Waals surface area contributed by atoms with Gasteiger partial charge in [-0.1, -0.05) is 48.5 Å². The van der Waals surface area contributed by atoms with Gasteiger partial charge in [0.2, 0.25) is 5.78 Å². The summed E-state index contributed by atoms with van der Waals surface area (Å²) in [4.78, 5) is 32.0. The van der Waals surface area contributed by atoms with Gasteiger partial charge in [-0.25, -0.2) is 0 Å². The Hall–Kier alpha value is -4.19. The Kier molecular flexibility index (Phi) is 4.59. The van der Waals surface area contributed by atoms with Crippen molar-refractivity contribution in [2.75, 3.05) is 0 Å². The number of aliphatic hydroxyl groups excluding tert-OH is 1. The standard InChI is InChI=1S/C25H18N2O4/c28-23(20-14-18-8-4-5-9-19(18)31-20)21-22(17-10-12-26-13-11-17)27(25(30)24(21)29)15-16-6-2-1-3-7-16/h1-14,22,29H,15H2. The van der Waals surface area contributed by atoms with E-state index in [4.69, 9.17) is 4.42 Å². The second-order valence-electron chi connectivity index (χ2n) is 7.34. The zero-order valence-electron chi connectivity index (χ0n) is 16.4. The molecule has 152 valence electrons. The predicted octanol–water partition coefficient (Wildman–Crippen LogP) is 4.61. The minimum absolute atomic E-state index is 0.00573. The van der Waals surface area contributed by atoms with Crippen molar-refractivity contribution in [1.29, 1.82) is 0 Å². The topological polar surface area (TPSA) is 83.6 Å². The number of pyridine rings is 1. The average molecular weight is 410 g/mol. The Bertz CT molecular complexity index is 1280. The quantitative estimate of drug-likeness (QED) is 0.486. The normalized spacial score (nSPS) is 16.3. The highest BCUT2D eigenvalue weighted by Gasteiger charge is 2.44. The van der Waals surface area contributed by atoms with Crippen LogP contribution in [-0.2, 0) is 11.3 Å². The van der Waals surface area contributed by atoms with E-state index < -0.39 is 23.5 Å². The van der Waals surface area contributed by atoms with Gasteiger partial charge in [0.15, 0.2) is 11.5 Å². The van der Waals surface area contributed by atoms with E-state index in [2.05, 4.69) is 4.98 Å². The molecule has 1 aliphatic rings. The fraction of sp³-hybridized carbons (Fsp3) is 0.0800. The van der Waals surface area contributed by atoms with Gasteiger partial charge < -0.3 is 14.4 Å². The number of nitrogens with zero attached hydrogens (tertiary/aromatic N) is 2. The lowest BCUT2D eigenvalue weighted by atomic mass is 9.95. The summed E-state index contributed by atoms with van der Waals surface area (Å²) in [7, 11) is 0. The average Bonchev–Trinajstić information content (AvgIpc) is 3.35. The van der Waals surface area contributed by atoms with E-state index in [1.165, 1.54) is 4.90 Å². The molecule has 0 aliphatic carbocycles. The summed E-state index contributed by atoms with van der Waals surface area (Å²) < 4.78 is 5.73. The van der Waals surface area contributed by atoms with Crippen molar-refractivity contribution >= 4 is 22.7 Å². The number of carbonyl (C=O) groups is 2. The van der Waals surface area contributed by atoms with Gasteiger partial charge >= 0.3 is 0 Å². The molecule has 1 atom stereocenters. The van der Waals surface area contributed by atoms with Crippen LogP contribution in [0.15, 0.2) is 101 Å². The molecule has 31 heavy (non-hydrogen) atoms. The van der Waals surface area contributed by atoms with E-state index in [1.54, 1.807) is 36.7 Å². The molecule has 1 amide bonds. The van der Waals surface area contributed by atoms with E-state index in [9.17, 15) is 14.7 Å². The largest absolute Gasteiger partial charge is 0.503 e. The van der Waals surface area contributed by atoms with E-state index in [0.29, 0.717) is 11.1 Å². The third-order valence-electron chi connectivity index (χ3n) is 5.42. The van der Waals surface area contributed by atoms with Crippen LogP contribution in [0.1, 0.15) is 27.7 Å². The van der Waals surface area contributed by atoms with Gasteiger partial charge in [-0.05, 0) is 35.4 Å². The van der Waals surface area contributed by atoms with Crippen LogP contribution in [0.4, 0.5) is 0 Å². The van der Waals surface area contributed by atoms with Gasteiger partial charge in [-0.2, -0.15) is 0 Å². The molecule has 0 saturated heterocycles.